The molecule has 0 amide bonds. The normalized spacial score (nSPS) is 19.9. The van der Waals surface area contributed by atoms with Gasteiger partial charge in [-0.15, -0.1) is 0 Å². The summed E-state index contributed by atoms with van der Waals surface area (Å²) in [7, 11) is -1.63. The number of rotatable bonds is 7. The third-order valence-electron chi connectivity index (χ3n) is 4.17. The van der Waals surface area contributed by atoms with Crippen LogP contribution in [0.5, 0.6) is 17.2 Å². The summed E-state index contributed by atoms with van der Waals surface area (Å²) in [6.07, 6.45) is 1.09. The van der Waals surface area contributed by atoms with E-state index in [-0.39, 0.29) is 35.7 Å². The topological polar surface area (TPSA) is 78.9 Å². The summed E-state index contributed by atoms with van der Waals surface area (Å²) >= 11 is 0. The van der Waals surface area contributed by atoms with Crippen LogP contribution in [0.3, 0.4) is 0 Å². The molecule has 9 heteroatoms. The van der Waals surface area contributed by atoms with Gasteiger partial charge in [0.2, 0.25) is 0 Å². The van der Waals surface area contributed by atoms with E-state index in [2.05, 4.69) is 0 Å². The number of methoxy groups -OCH3 is 2. The minimum atomic E-state index is -4.32. The van der Waals surface area contributed by atoms with Gasteiger partial charge in [-0.3, -0.25) is 4.79 Å². The minimum Gasteiger partial charge on any atom is -0.493 e. The van der Waals surface area contributed by atoms with Gasteiger partial charge in [0.1, 0.15) is 0 Å². The predicted octanol–water partition coefficient (Wildman–Crippen LogP) is 3.05. The van der Waals surface area contributed by atoms with Crippen LogP contribution in [0.1, 0.15) is 36.0 Å². The lowest BCUT2D eigenvalue weighted by atomic mass is 9.87. The Morgan fingerprint density at radius 2 is 1.80 bits per heavy atom. The largest absolute Gasteiger partial charge is 0.493 e. The van der Waals surface area contributed by atoms with Gasteiger partial charge < -0.3 is 13.7 Å². The lowest BCUT2D eigenvalue weighted by Gasteiger charge is -2.30. The number of halogens is 2. The SMILES string of the molecule is COc1cc(C=O)c(OS(=O)(=O)CC2CCCCC2(F)F)cc1OC. The molecule has 1 aromatic rings. The predicted molar refractivity (Wildman–Crippen MR) is 86.3 cm³/mol. The average molecular weight is 378 g/mol. The number of ether oxygens (including phenoxy) is 2. The molecule has 1 aromatic carbocycles. The molecule has 0 aliphatic heterocycles. The van der Waals surface area contributed by atoms with Crippen molar-refractivity contribution >= 4 is 16.4 Å². The third-order valence-corrected chi connectivity index (χ3v) is 5.42. The van der Waals surface area contributed by atoms with E-state index in [0.29, 0.717) is 19.1 Å². The molecule has 1 atom stereocenters. The fourth-order valence-corrected chi connectivity index (χ4v) is 4.22. The molecule has 0 radical (unpaired) electrons. The average Bonchev–Trinajstić information content (AvgIpc) is 2.55. The fourth-order valence-electron chi connectivity index (χ4n) is 2.83. The molecule has 1 aliphatic rings. The standard InChI is InChI=1S/C16H20F2O6S/c1-22-14-7-11(9-19)13(8-15(14)23-2)24-25(20,21)10-12-5-3-4-6-16(12,17)18/h7-9,12H,3-6,10H2,1-2H3. The Morgan fingerprint density at radius 3 is 2.36 bits per heavy atom. The second-order valence-corrected chi connectivity index (χ2v) is 7.49. The maximum absolute atomic E-state index is 13.9. The molecule has 0 spiro atoms. The molecule has 2 rings (SSSR count). The van der Waals surface area contributed by atoms with Crippen LogP contribution < -0.4 is 13.7 Å². The van der Waals surface area contributed by atoms with Gasteiger partial charge in [-0.25, -0.2) is 8.78 Å². The van der Waals surface area contributed by atoms with E-state index in [1.807, 2.05) is 0 Å². The van der Waals surface area contributed by atoms with Crippen LogP contribution >= 0.6 is 0 Å². The molecular formula is C16H20F2O6S. The summed E-state index contributed by atoms with van der Waals surface area (Å²) in [5.41, 5.74) is -0.0865. The Kier molecular flexibility index (Phi) is 5.87. The van der Waals surface area contributed by atoms with Crippen LogP contribution in [0, 0.1) is 5.92 Å². The molecular weight excluding hydrogens is 358 g/mol. The molecule has 1 aliphatic carbocycles. The van der Waals surface area contributed by atoms with Crippen molar-refractivity contribution in [1.29, 1.82) is 0 Å². The summed E-state index contributed by atoms with van der Waals surface area (Å²) < 4.78 is 67.2. The monoisotopic (exact) mass is 378 g/mol. The van der Waals surface area contributed by atoms with E-state index in [0.717, 1.165) is 0 Å². The summed E-state index contributed by atoms with van der Waals surface area (Å²) in [5.74, 6) is -5.07. The van der Waals surface area contributed by atoms with Crippen LogP contribution in [0.2, 0.25) is 0 Å². The summed E-state index contributed by atoms with van der Waals surface area (Å²) in [5, 5.41) is 0. The number of hydrogen-bond donors (Lipinski definition) is 0. The first-order valence-electron chi connectivity index (χ1n) is 7.73. The Hall–Kier alpha value is -1.90. The minimum absolute atomic E-state index is 0.0865. The Bertz CT molecular complexity index is 732. The molecule has 25 heavy (non-hydrogen) atoms. The van der Waals surface area contributed by atoms with Crippen molar-refractivity contribution in [2.24, 2.45) is 5.92 Å². The van der Waals surface area contributed by atoms with Crippen LogP contribution in [0.15, 0.2) is 12.1 Å². The maximum Gasteiger partial charge on any atom is 0.309 e. The summed E-state index contributed by atoms with van der Waals surface area (Å²) in [6.45, 7) is 0. The maximum atomic E-state index is 13.9. The zero-order valence-corrected chi connectivity index (χ0v) is 14.8. The van der Waals surface area contributed by atoms with Crippen molar-refractivity contribution < 1.29 is 35.6 Å². The Labute approximate surface area is 145 Å². The molecule has 0 saturated heterocycles. The van der Waals surface area contributed by atoms with Crippen LogP contribution in [0.4, 0.5) is 8.78 Å². The van der Waals surface area contributed by atoms with E-state index in [1.54, 1.807) is 0 Å². The van der Waals surface area contributed by atoms with E-state index >= 15 is 0 Å². The van der Waals surface area contributed by atoms with E-state index in [9.17, 15) is 22.0 Å². The first-order valence-corrected chi connectivity index (χ1v) is 9.31. The van der Waals surface area contributed by atoms with Crippen molar-refractivity contribution in [2.45, 2.75) is 31.6 Å². The van der Waals surface area contributed by atoms with Crippen LogP contribution in [0.25, 0.3) is 0 Å². The highest BCUT2D eigenvalue weighted by molar-refractivity contribution is 7.87. The molecule has 6 nitrogen and oxygen atoms in total. The summed E-state index contributed by atoms with van der Waals surface area (Å²) in [6, 6.07) is 2.44. The highest BCUT2D eigenvalue weighted by Crippen LogP contribution is 2.40. The molecule has 140 valence electrons. The quantitative estimate of drug-likeness (QED) is 0.536. The van der Waals surface area contributed by atoms with Crippen LogP contribution in [-0.2, 0) is 10.1 Å². The molecule has 0 bridgehead atoms. The lowest BCUT2D eigenvalue weighted by Crippen LogP contribution is -2.37. The van der Waals surface area contributed by atoms with Gasteiger partial charge in [-0.2, -0.15) is 8.42 Å². The van der Waals surface area contributed by atoms with E-state index < -0.39 is 27.7 Å². The van der Waals surface area contributed by atoms with E-state index in [4.69, 9.17) is 13.7 Å². The Morgan fingerprint density at radius 1 is 1.16 bits per heavy atom. The lowest BCUT2D eigenvalue weighted by molar-refractivity contribution is -0.0773. The third kappa shape index (κ3) is 4.59. The van der Waals surface area contributed by atoms with Crippen LogP contribution in [-0.4, -0.2) is 40.6 Å². The second-order valence-electron chi connectivity index (χ2n) is 5.87. The Balaban J connectivity index is 2.26. The second kappa shape index (κ2) is 7.55. The number of hydrogen-bond acceptors (Lipinski definition) is 6. The van der Waals surface area contributed by atoms with Gasteiger partial charge in [-0.05, 0) is 18.9 Å². The van der Waals surface area contributed by atoms with Gasteiger partial charge in [-0.1, -0.05) is 6.42 Å². The molecule has 1 saturated carbocycles. The molecule has 1 unspecified atom stereocenters. The smallest absolute Gasteiger partial charge is 0.309 e. The number of aldehydes is 1. The number of carbonyl (C=O) groups is 1. The van der Waals surface area contributed by atoms with Crippen molar-refractivity contribution in [3.63, 3.8) is 0 Å². The molecule has 0 aromatic heterocycles. The van der Waals surface area contributed by atoms with Gasteiger partial charge in [0.05, 0.1) is 25.5 Å². The zero-order valence-electron chi connectivity index (χ0n) is 14.0. The van der Waals surface area contributed by atoms with Gasteiger partial charge in [0.15, 0.2) is 23.5 Å². The number of carbonyl (C=O) groups excluding carboxylic acids is 1. The summed E-state index contributed by atoms with van der Waals surface area (Å²) in [4.78, 5) is 11.2. The molecule has 1 fully saturated rings. The van der Waals surface area contributed by atoms with Crippen molar-refractivity contribution in [3.05, 3.63) is 17.7 Å². The zero-order chi connectivity index (χ0) is 18.7. The van der Waals surface area contributed by atoms with Crippen molar-refractivity contribution in [3.8, 4) is 17.2 Å². The highest BCUT2D eigenvalue weighted by atomic mass is 32.2. The van der Waals surface area contributed by atoms with Crippen molar-refractivity contribution in [1.82, 2.24) is 0 Å². The number of benzene rings is 1. The first kappa shape index (κ1) is 19.4. The number of alkyl halides is 2. The van der Waals surface area contributed by atoms with Gasteiger partial charge >= 0.3 is 10.1 Å². The van der Waals surface area contributed by atoms with Gasteiger partial charge in [0.25, 0.3) is 5.92 Å². The highest BCUT2D eigenvalue weighted by Gasteiger charge is 2.44. The fraction of sp³-hybridized carbons (Fsp3) is 0.562. The van der Waals surface area contributed by atoms with Gasteiger partial charge in [0, 0.05) is 18.4 Å². The molecule has 0 N–H and O–H groups in total. The first-order chi connectivity index (χ1) is 11.7. The van der Waals surface area contributed by atoms with E-state index in [1.165, 1.54) is 26.4 Å². The van der Waals surface area contributed by atoms with Crippen molar-refractivity contribution in [2.75, 3.05) is 20.0 Å². The molecule has 0 heterocycles.